The van der Waals surface area contributed by atoms with E-state index in [0.29, 0.717) is 13.2 Å². The quantitative estimate of drug-likeness (QED) is 0.420. The lowest BCUT2D eigenvalue weighted by atomic mass is 10.3. The molecule has 0 aromatic carbocycles. The fraction of sp³-hybridized carbons (Fsp3) is 1.00. The summed E-state index contributed by atoms with van der Waals surface area (Å²) in [6.07, 6.45) is 6.47. The van der Waals surface area contributed by atoms with Gasteiger partial charge in [-0.15, -0.1) is 0 Å². The van der Waals surface area contributed by atoms with Gasteiger partial charge >= 0.3 is 7.60 Å². The smallest absolute Gasteiger partial charge is 0.309 e. The molecular formula is C11H25O3P. The Balaban J connectivity index is 3.45. The van der Waals surface area contributed by atoms with Gasteiger partial charge < -0.3 is 9.05 Å². The van der Waals surface area contributed by atoms with E-state index >= 15 is 0 Å². The largest absolute Gasteiger partial charge is 0.327 e. The number of rotatable bonds is 10. The predicted molar refractivity (Wildman–Crippen MR) is 64.5 cm³/mol. The van der Waals surface area contributed by atoms with Crippen molar-refractivity contribution in [2.75, 3.05) is 19.9 Å². The molecule has 0 saturated carbocycles. The molecule has 0 atom stereocenters. The molecule has 0 aliphatic carbocycles. The summed E-state index contributed by atoms with van der Waals surface area (Å²) >= 11 is 0. The molecule has 0 aliphatic rings. The minimum Gasteiger partial charge on any atom is -0.309 e. The molecule has 92 valence electrons. The van der Waals surface area contributed by atoms with Crippen molar-refractivity contribution in [3.05, 3.63) is 0 Å². The summed E-state index contributed by atoms with van der Waals surface area (Å²) in [6.45, 7) is 6.93. The Bertz CT molecular complexity index is 167. The van der Waals surface area contributed by atoms with Crippen LogP contribution in [0, 0.1) is 0 Å². The first-order chi connectivity index (χ1) is 7.12. The van der Waals surface area contributed by atoms with Crippen molar-refractivity contribution in [1.29, 1.82) is 0 Å². The van der Waals surface area contributed by atoms with E-state index in [0.717, 1.165) is 38.5 Å². The van der Waals surface area contributed by atoms with Gasteiger partial charge in [-0.3, -0.25) is 4.57 Å². The first kappa shape index (κ1) is 15.2. The van der Waals surface area contributed by atoms with Crippen LogP contribution in [0.1, 0.15) is 52.4 Å². The summed E-state index contributed by atoms with van der Waals surface area (Å²) in [5, 5.41) is 0. The molecule has 15 heavy (non-hydrogen) atoms. The molecule has 0 unspecified atom stereocenters. The second kappa shape index (κ2) is 9.38. The summed E-state index contributed by atoms with van der Waals surface area (Å²) in [6, 6.07) is 0. The van der Waals surface area contributed by atoms with Crippen LogP contribution in [0.15, 0.2) is 0 Å². The minimum atomic E-state index is -2.77. The average Bonchev–Trinajstić information content (AvgIpc) is 2.20. The Morgan fingerprint density at radius 2 is 1.27 bits per heavy atom. The van der Waals surface area contributed by atoms with Crippen LogP contribution in [0.5, 0.6) is 0 Å². The van der Waals surface area contributed by atoms with E-state index in [2.05, 4.69) is 13.8 Å². The molecule has 0 aliphatic heterocycles. The third-order valence-corrected chi connectivity index (χ3v) is 3.45. The number of hydrogen-bond acceptors (Lipinski definition) is 3. The van der Waals surface area contributed by atoms with Gasteiger partial charge in [0.15, 0.2) is 0 Å². The molecule has 0 rings (SSSR count). The highest BCUT2D eigenvalue weighted by Crippen LogP contribution is 2.44. The Morgan fingerprint density at radius 1 is 0.867 bits per heavy atom. The molecular weight excluding hydrogens is 211 g/mol. The van der Waals surface area contributed by atoms with Gasteiger partial charge in [0.2, 0.25) is 0 Å². The van der Waals surface area contributed by atoms with Crippen molar-refractivity contribution in [2.45, 2.75) is 52.4 Å². The van der Waals surface area contributed by atoms with Gasteiger partial charge in [0.25, 0.3) is 0 Å². The van der Waals surface area contributed by atoms with Crippen LogP contribution in [0.3, 0.4) is 0 Å². The summed E-state index contributed by atoms with van der Waals surface area (Å²) < 4.78 is 22.2. The Morgan fingerprint density at radius 3 is 1.60 bits per heavy atom. The maximum absolute atomic E-state index is 11.7. The third-order valence-electron chi connectivity index (χ3n) is 2.15. The normalized spacial score (nSPS) is 11.9. The first-order valence-corrected chi connectivity index (χ1v) is 7.98. The molecule has 0 amide bonds. The monoisotopic (exact) mass is 236 g/mol. The van der Waals surface area contributed by atoms with Crippen LogP contribution < -0.4 is 0 Å². The van der Waals surface area contributed by atoms with Crippen molar-refractivity contribution >= 4 is 7.60 Å². The average molecular weight is 236 g/mol. The van der Waals surface area contributed by atoms with Gasteiger partial charge in [-0.1, -0.05) is 39.5 Å². The predicted octanol–water partition coefficient (Wildman–Crippen LogP) is 4.22. The van der Waals surface area contributed by atoms with Gasteiger partial charge in [0.05, 0.1) is 13.2 Å². The van der Waals surface area contributed by atoms with E-state index < -0.39 is 7.60 Å². The highest BCUT2D eigenvalue weighted by Gasteiger charge is 2.15. The van der Waals surface area contributed by atoms with Crippen LogP contribution in [-0.2, 0) is 13.6 Å². The zero-order valence-electron chi connectivity index (χ0n) is 10.3. The van der Waals surface area contributed by atoms with Gasteiger partial charge in [-0.05, 0) is 12.8 Å². The van der Waals surface area contributed by atoms with E-state index in [9.17, 15) is 4.57 Å². The summed E-state index contributed by atoms with van der Waals surface area (Å²) in [5.41, 5.74) is 0. The van der Waals surface area contributed by atoms with E-state index in [1.807, 2.05) is 0 Å². The molecule has 0 bridgehead atoms. The van der Waals surface area contributed by atoms with Crippen LogP contribution in [0.2, 0.25) is 0 Å². The zero-order valence-corrected chi connectivity index (χ0v) is 11.2. The lowest BCUT2D eigenvalue weighted by molar-refractivity contribution is 0.203. The van der Waals surface area contributed by atoms with Crippen LogP contribution >= 0.6 is 7.60 Å². The van der Waals surface area contributed by atoms with Gasteiger partial charge in [0, 0.05) is 6.66 Å². The fourth-order valence-electron chi connectivity index (χ4n) is 1.20. The molecule has 4 heteroatoms. The van der Waals surface area contributed by atoms with Crippen LogP contribution in [0.4, 0.5) is 0 Å². The lowest BCUT2D eigenvalue weighted by Gasteiger charge is -2.13. The summed E-state index contributed by atoms with van der Waals surface area (Å²) in [5.74, 6) is 0. The first-order valence-electron chi connectivity index (χ1n) is 5.99. The maximum Gasteiger partial charge on any atom is 0.327 e. The number of hydrogen-bond donors (Lipinski definition) is 0. The highest BCUT2D eigenvalue weighted by molar-refractivity contribution is 7.52. The second-order valence-electron chi connectivity index (χ2n) is 3.85. The standard InChI is InChI=1S/C11H25O3P/c1-4-6-8-10-13-15(3,12)14-11-9-7-5-2/h4-11H2,1-3H3. The Labute approximate surface area is 94.1 Å². The molecule has 0 saturated heterocycles. The van der Waals surface area contributed by atoms with Crippen molar-refractivity contribution in [3.8, 4) is 0 Å². The molecule has 0 heterocycles. The van der Waals surface area contributed by atoms with Crippen molar-refractivity contribution < 1.29 is 13.6 Å². The maximum atomic E-state index is 11.7. The Hall–Kier alpha value is 0.150. The number of unbranched alkanes of at least 4 members (excludes halogenated alkanes) is 4. The Kier molecular flexibility index (Phi) is 9.48. The molecule has 0 N–H and O–H groups in total. The highest BCUT2D eigenvalue weighted by atomic mass is 31.2. The van der Waals surface area contributed by atoms with E-state index in [4.69, 9.17) is 9.05 Å². The van der Waals surface area contributed by atoms with E-state index in [-0.39, 0.29) is 0 Å². The van der Waals surface area contributed by atoms with Gasteiger partial charge in [-0.25, -0.2) is 0 Å². The topological polar surface area (TPSA) is 35.5 Å². The molecule has 0 aromatic rings. The van der Waals surface area contributed by atoms with Crippen LogP contribution in [0.25, 0.3) is 0 Å². The van der Waals surface area contributed by atoms with Gasteiger partial charge in [-0.2, -0.15) is 0 Å². The van der Waals surface area contributed by atoms with Gasteiger partial charge in [0.1, 0.15) is 0 Å². The molecule has 0 spiro atoms. The van der Waals surface area contributed by atoms with Crippen LogP contribution in [-0.4, -0.2) is 19.9 Å². The SMILES string of the molecule is CCCCCOP(C)(=O)OCCCCC. The fourth-order valence-corrected chi connectivity index (χ4v) is 2.20. The van der Waals surface area contributed by atoms with Crippen molar-refractivity contribution in [1.82, 2.24) is 0 Å². The zero-order chi connectivity index (χ0) is 11.6. The molecule has 0 aromatic heterocycles. The minimum absolute atomic E-state index is 0.551. The van der Waals surface area contributed by atoms with Crippen molar-refractivity contribution in [2.24, 2.45) is 0 Å². The van der Waals surface area contributed by atoms with E-state index in [1.54, 1.807) is 6.66 Å². The third kappa shape index (κ3) is 10.4. The second-order valence-corrected chi connectivity index (χ2v) is 5.91. The molecule has 3 nitrogen and oxygen atoms in total. The van der Waals surface area contributed by atoms with E-state index in [1.165, 1.54) is 0 Å². The molecule has 0 fully saturated rings. The lowest BCUT2D eigenvalue weighted by Crippen LogP contribution is -1.98. The van der Waals surface area contributed by atoms with Crippen molar-refractivity contribution in [3.63, 3.8) is 0 Å². The summed E-state index contributed by atoms with van der Waals surface area (Å²) in [7, 11) is -2.77. The summed E-state index contributed by atoms with van der Waals surface area (Å²) in [4.78, 5) is 0. The molecule has 0 radical (unpaired) electrons.